The highest BCUT2D eigenvalue weighted by atomic mass is 16.3. The second-order valence-electron chi connectivity index (χ2n) is 3.52. The van der Waals surface area contributed by atoms with Gasteiger partial charge in [-0.2, -0.15) is 0 Å². The van der Waals surface area contributed by atoms with Crippen LogP contribution < -0.4 is 5.32 Å². The van der Waals surface area contributed by atoms with Gasteiger partial charge in [0.1, 0.15) is 0 Å². The Morgan fingerprint density at radius 3 is 2.80 bits per heavy atom. The number of aryl methyl sites for hydroxylation is 1. The maximum atomic E-state index is 8.88. The molecule has 5 nitrogen and oxygen atoms in total. The van der Waals surface area contributed by atoms with E-state index < -0.39 is 0 Å². The van der Waals surface area contributed by atoms with Crippen molar-refractivity contribution in [2.45, 2.75) is 32.5 Å². The van der Waals surface area contributed by atoms with E-state index in [4.69, 9.17) is 10.2 Å². The number of hydrogen-bond acceptors (Lipinski definition) is 4. The van der Waals surface area contributed by atoms with E-state index in [1.165, 1.54) is 0 Å². The van der Waals surface area contributed by atoms with E-state index in [1.807, 2.05) is 0 Å². The molecule has 0 aliphatic heterocycles. The second kappa shape index (κ2) is 6.55. The molecule has 1 aromatic heterocycles. The summed E-state index contributed by atoms with van der Waals surface area (Å²) in [5.74, 6) is 0. The Kier molecular flexibility index (Phi) is 5.31. The molecule has 0 radical (unpaired) electrons. The Balaban J connectivity index is 2.45. The summed E-state index contributed by atoms with van der Waals surface area (Å²) in [5, 5.41) is 20.8. The summed E-state index contributed by atoms with van der Waals surface area (Å²) in [6.45, 7) is 3.56. The SMILES string of the molecule is CCCn1cncc1CNC(CO)CO. The fraction of sp³-hybridized carbons (Fsp3) is 0.700. The van der Waals surface area contributed by atoms with E-state index in [9.17, 15) is 0 Å². The molecular formula is C10H19N3O2. The van der Waals surface area contributed by atoms with E-state index in [0.29, 0.717) is 6.54 Å². The molecule has 3 N–H and O–H groups in total. The van der Waals surface area contributed by atoms with Crippen LogP contribution in [0, 0.1) is 0 Å². The molecule has 0 amide bonds. The van der Waals surface area contributed by atoms with Gasteiger partial charge < -0.3 is 20.1 Å². The minimum absolute atomic E-state index is 0.0571. The fourth-order valence-electron chi connectivity index (χ4n) is 1.37. The first-order valence-corrected chi connectivity index (χ1v) is 5.25. The first kappa shape index (κ1) is 12.2. The molecule has 1 aromatic rings. The van der Waals surface area contributed by atoms with Crippen molar-refractivity contribution in [1.82, 2.24) is 14.9 Å². The van der Waals surface area contributed by atoms with Crippen LogP contribution in [0.15, 0.2) is 12.5 Å². The Hall–Kier alpha value is -0.910. The van der Waals surface area contributed by atoms with Crippen LogP contribution in [-0.4, -0.2) is 39.0 Å². The molecule has 15 heavy (non-hydrogen) atoms. The van der Waals surface area contributed by atoms with Gasteiger partial charge in [0.15, 0.2) is 0 Å². The van der Waals surface area contributed by atoms with Crippen molar-refractivity contribution in [2.24, 2.45) is 0 Å². The summed E-state index contributed by atoms with van der Waals surface area (Å²) < 4.78 is 2.07. The Morgan fingerprint density at radius 2 is 2.20 bits per heavy atom. The molecule has 1 heterocycles. The van der Waals surface area contributed by atoms with Crippen LogP contribution in [0.25, 0.3) is 0 Å². The zero-order valence-corrected chi connectivity index (χ0v) is 9.06. The highest BCUT2D eigenvalue weighted by Crippen LogP contribution is 2.00. The Labute approximate surface area is 89.8 Å². The second-order valence-corrected chi connectivity index (χ2v) is 3.52. The third kappa shape index (κ3) is 3.62. The molecule has 0 unspecified atom stereocenters. The molecule has 0 saturated carbocycles. The first-order valence-electron chi connectivity index (χ1n) is 5.25. The van der Waals surface area contributed by atoms with E-state index in [2.05, 4.69) is 21.8 Å². The largest absolute Gasteiger partial charge is 0.395 e. The van der Waals surface area contributed by atoms with Crippen LogP contribution in [0.1, 0.15) is 19.0 Å². The minimum atomic E-state index is -0.255. The highest BCUT2D eigenvalue weighted by Gasteiger charge is 2.06. The maximum absolute atomic E-state index is 8.88. The predicted molar refractivity (Wildman–Crippen MR) is 57.3 cm³/mol. The van der Waals surface area contributed by atoms with Crippen molar-refractivity contribution in [3.05, 3.63) is 18.2 Å². The van der Waals surface area contributed by atoms with Gasteiger partial charge in [0, 0.05) is 19.3 Å². The molecule has 5 heteroatoms. The molecule has 0 bridgehead atoms. The average molecular weight is 213 g/mol. The van der Waals surface area contributed by atoms with E-state index in [-0.39, 0.29) is 19.3 Å². The van der Waals surface area contributed by atoms with Crippen LogP contribution >= 0.6 is 0 Å². The number of aliphatic hydroxyl groups excluding tert-OH is 2. The number of rotatable bonds is 7. The lowest BCUT2D eigenvalue weighted by atomic mass is 10.3. The van der Waals surface area contributed by atoms with Crippen LogP contribution in [-0.2, 0) is 13.1 Å². The lowest BCUT2D eigenvalue weighted by Crippen LogP contribution is -2.35. The van der Waals surface area contributed by atoms with E-state index in [0.717, 1.165) is 18.7 Å². The summed E-state index contributed by atoms with van der Waals surface area (Å²) >= 11 is 0. The van der Waals surface area contributed by atoms with Crippen LogP contribution in [0.2, 0.25) is 0 Å². The van der Waals surface area contributed by atoms with Crippen molar-refractivity contribution in [1.29, 1.82) is 0 Å². The van der Waals surface area contributed by atoms with Gasteiger partial charge in [0.25, 0.3) is 0 Å². The maximum Gasteiger partial charge on any atom is 0.0948 e. The molecule has 1 rings (SSSR count). The normalized spacial score (nSPS) is 11.2. The molecule has 0 saturated heterocycles. The van der Waals surface area contributed by atoms with Gasteiger partial charge in [0.2, 0.25) is 0 Å². The smallest absolute Gasteiger partial charge is 0.0948 e. The van der Waals surface area contributed by atoms with Gasteiger partial charge in [-0.25, -0.2) is 4.98 Å². The number of hydrogen-bond donors (Lipinski definition) is 3. The van der Waals surface area contributed by atoms with Crippen LogP contribution in [0.5, 0.6) is 0 Å². The minimum Gasteiger partial charge on any atom is -0.395 e. The highest BCUT2D eigenvalue weighted by molar-refractivity contribution is 4.98. The molecular weight excluding hydrogens is 194 g/mol. The van der Waals surface area contributed by atoms with Gasteiger partial charge >= 0.3 is 0 Å². The van der Waals surface area contributed by atoms with Gasteiger partial charge in [-0.3, -0.25) is 0 Å². The van der Waals surface area contributed by atoms with Crippen molar-refractivity contribution in [2.75, 3.05) is 13.2 Å². The molecule has 0 aliphatic carbocycles. The van der Waals surface area contributed by atoms with Crippen LogP contribution in [0.3, 0.4) is 0 Å². The van der Waals surface area contributed by atoms with E-state index >= 15 is 0 Å². The Bertz CT molecular complexity index is 271. The predicted octanol–water partition coefficient (Wildman–Crippen LogP) is -0.264. The summed E-state index contributed by atoms with van der Waals surface area (Å²) in [6.07, 6.45) is 4.66. The topological polar surface area (TPSA) is 70.3 Å². The zero-order chi connectivity index (χ0) is 11.1. The van der Waals surface area contributed by atoms with Crippen molar-refractivity contribution in [3.63, 3.8) is 0 Å². The van der Waals surface area contributed by atoms with E-state index in [1.54, 1.807) is 12.5 Å². The molecule has 0 fully saturated rings. The lowest BCUT2D eigenvalue weighted by Gasteiger charge is -2.14. The zero-order valence-electron chi connectivity index (χ0n) is 9.06. The summed E-state index contributed by atoms with van der Waals surface area (Å²) in [6, 6.07) is -0.255. The molecule has 86 valence electrons. The number of imidazole rings is 1. The lowest BCUT2D eigenvalue weighted by molar-refractivity contribution is 0.169. The van der Waals surface area contributed by atoms with Gasteiger partial charge in [0.05, 0.1) is 31.3 Å². The average Bonchev–Trinajstić information content (AvgIpc) is 2.68. The molecule has 0 spiro atoms. The number of aliphatic hydroxyl groups is 2. The Morgan fingerprint density at radius 1 is 1.47 bits per heavy atom. The van der Waals surface area contributed by atoms with Gasteiger partial charge in [-0.15, -0.1) is 0 Å². The van der Waals surface area contributed by atoms with Crippen molar-refractivity contribution < 1.29 is 10.2 Å². The number of nitrogens with zero attached hydrogens (tertiary/aromatic N) is 2. The number of aromatic nitrogens is 2. The summed E-state index contributed by atoms with van der Waals surface area (Å²) in [5.41, 5.74) is 1.07. The summed E-state index contributed by atoms with van der Waals surface area (Å²) in [4.78, 5) is 4.07. The third-order valence-electron chi connectivity index (χ3n) is 2.28. The first-order chi connectivity index (χ1) is 7.31. The van der Waals surface area contributed by atoms with Crippen molar-refractivity contribution >= 4 is 0 Å². The standard InChI is InChI=1S/C10H19N3O2/c1-2-3-13-8-11-4-10(13)5-12-9(6-14)7-15/h4,8-9,12,14-15H,2-3,5-7H2,1H3. The third-order valence-corrected chi connectivity index (χ3v) is 2.28. The monoisotopic (exact) mass is 213 g/mol. The number of nitrogens with one attached hydrogen (secondary N) is 1. The molecule has 0 atom stereocenters. The van der Waals surface area contributed by atoms with Gasteiger partial charge in [-0.05, 0) is 6.42 Å². The molecule has 0 aromatic carbocycles. The quantitative estimate of drug-likeness (QED) is 0.583. The fourth-order valence-corrected chi connectivity index (χ4v) is 1.37. The summed E-state index contributed by atoms with van der Waals surface area (Å²) in [7, 11) is 0. The van der Waals surface area contributed by atoms with Crippen LogP contribution in [0.4, 0.5) is 0 Å². The molecule has 0 aliphatic rings. The van der Waals surface area contributed by atoms with Crippen molar-refractivity contribution in [3.8, 4) is 0 Å². The van der Waals surface area contributed by atoms with Gasteiger partial charge in [-0.1, -0.05) is 6.92 Å².